The van der Waals surface area contributed by atoms with Crippen LogP contribution in [0.2, 0.25) is 0 Å². The lowest BCUT2D eigenvalue weighted by molar-refractivity contribution is -0.384. The number of pyridine rings is 1. The minimum absolute atomic E-state index is 0.0966. The van der Waals surface area contributed by atoms with Gasteiger partial charge in [-0.1, -0.05) is 18.2 Å². The van der Waals surface area contributed by atoms with Crippen LogP contribution in [0.5, 0.6) is 0 Å². The second kappa shape index (κ2) is 5.68. The summed E-state index contributed by atoms with van der Waals surface area (Å²) in [6.07, 6.45) is 6.25. The topological polar surface area (TPSA) is 73.1 Å². The van der Waals surface area contributed by atoms with E-state index < -0.39 is 4.92 Å². The van der Waals surface area contributed by atoms with Crippen LogP contribution in [0.15, 0.2) is 54.9 Å². The van der Waals surface area contributed by atoms with E-state index in [1.807, 2.05) is 6.07 Å². The number of benzene rings is 1. The molecule has 2 rings (SSSR count). The maximum Gasteiger partial charge on any atom is 0.270 e. The molecule has 0 amide bonds. The van der Waals surface area contributed by atoms with Crippen LogP contribution in [0.25, 0.3) is 6.08 Å². The number of hydrogen-bond donors (Lipinski definition) is 0. The average Bonchev–Trinajstić information content (AvgIpc) is 2.46. The van der Waals surface area contributed by atoms with E-state index in [2.05, 4.69) is 4.98 Å². The molecule has 0 spiro atoms. The highest BCUT2D eigenvalue weighted by Crippen LogP contribution is 2.14. The Balaban J connectivity index is 2.18. The molecule has 0 saturated heterocycles. The van der Waals surface area contributed by atoms with E-state index in [4.69, 9.17) is 0 Å². The highest BCUT2D eigenvalue weighted by atomic mass is 16.6. The van der Waals surface area contributed by atoms with Crippen LogP contribution < -0.4 is 0 Å². The van der Waals surface area contributed by atoms with Crippen LogP contribution in [-0.2, 0) is 0 Å². The molecule has 1 heterocycles. The second-order valence-corrected chi connectivity index (χ2v) is 3.79. The summed E-state index contributed by atoms with van der Waals surface area (Å²) in [5, 5.41) is 10.6. The zero-order valence-electron chi connectivity index (χ0n) is 9.89. The molecule has 0 saturated carbocycles. The summed E-state index contributed by atoms with van der Waals surface area (Å²) >= 11 is 0. The van der Waals surface area contributed by atoms with Crippen molar-refractivity contribution in [1.29, 1.82) is 0 Å². The number of rotatable bonds is 4. The molecule has 94 valence electrons. The van der Waals surface area contributed by atoms with Crippen molar-refractivity contribution in [2.75, 3.05) is 0 Å². The average molecular weight is 254 g/mol. The highest BCUT2D eigenvalue weighted by molar-refractivity contribution is 6.07. The SMILES string of the molecule is O=C(/C=C\c1cccnc1)c1cccc([N+](=O)[O-])c1. The van der Waals surface area contributed by atoms with Crippen LogP contribution in [-0.4, -0.2) is 15.7 Å². The monoisotopic (exact) mass is 254 g/mol. The molecule has 0 atom stereocenters. The van der Waals surface area contributed by atoms with Gasteiger partial charge >= 0.3 is 0 Å². The van der Waals surface area contributed by atoms with E-state index in [9.17, 15) is 14.9 Å². The fourth-order valence-electron chi connectivity index (χ4n) is 1.52. The zero-order valence-corrected chi connectivity index (χ0v) is 9.89. The highest BCUT2D eigenvalue weighted by Gasteiger charge is 2.09. The number of hydrogen-bond acceptors (Lipinski definition) is 4. The van der Waals surface area contributed by atoms with E-state index >= 15 is 0 Å². The molecule has 5 heteroatoms. The number of non-ortho nitro benzene ring substituents is 1. The first-order valence-electron chi connectivity index (χ1n) is 5.54. The van der Waals surface area contributed by atoms with Crippen molar-refractivity contribution in [3.63, 3.8) is 0 Å². The number of aromatic nitrogens is 1. The minimum Gasteiger partial charge on any atom is -0.289 e. The smallest absolute Gasteiger partial charge is 0.270 e. The second-order valence-electron chi connectivity index (χ2n) is 3.79. The fraction of sp³-hybridized carbons (Fsp3) is 0. The first kappa shape index (κ1) is 12.6. The lowest BCUT2D eigenvalue weighted by atomic mass is 10.1. The molecule has 0 aliphatic rings. The Hall–Kier alpha value is -2.82. The Morgan fingerprint density at radius 1 is 1.26 bits per heavy atom. The van der Waals surface area contributed by atoms with Gasteiger partial charge < -0.3 is 0 Å². The summed E-state index contributed by atoms with van der Waals surface area (Å²) in [5.74, 6) is -0.285. The first-order chi connectivity index (χ1) is 9.16. The van der Waals surface area contributed by atoms with Gasteiger partial charge in [-0.15, -0.1) is 0 Å². The molecule has 19 heavy (non-hydrogen) atoms. The third kappa shape index (κ3) is 3.32. The molecule has 0 N–H and O–H groups in total. The third-order valence-electron chi connectivity index (χ3n) is 2.45. The van der Waals surface area contributed by atoms with Gasteiger partial charge in [-0.25, -0.2) is 0 Å². The van der Waals surface area contributed by atoms with E-state index in [1.54, 1.807) is 30.6 Å². The Kier molecular flexibility index (Phi) is 3.78. The molecule has 0 aliphatic heterocycles. The van der Waals surface area contributed by atoms with Crippen molar-refractivity contribution in [2.45, 2.75) is 0 Å². The van der Waals surface area contributed by atoms with Gasteiger partial charge in [-0.05, 0) is 23.8 Å². The van der Waals surface area contributed by atoms with Crippen LogP contribution in [0, 0.1) is 10.1 Å². The van der Waals surface area contributed by atoms with Crippen molar-refractivity contribution in [3.05, 3.63) is 76.1 Å². The van der Waals surface area contributed by atoms with Crippen LogP contribution in [0.1, 0.15) is 15.9 Å². The predicted molar refractivity (Wildman–Crippen MR) is 70.7 cm³/mol. The summed E-state index contributed by atoms with van der Waals surface area (Å²) in [7, 11) is 0. The molecule has 2 aromatic rings. The zero-order chi connectivity index (χ0) is 13.7. The third-order valence-corrected chi connectivity index (χ3v) is 2.45. The molecule has 1 aromatic carbocycles. The minimum atomic E-state index is -0.526. The van der Waals surface area contributed by atoms with Gasteiger partial charge in [0.05, 0.1) is 4.92 Å². The molecule has 0 radical (unpaired) electrons. The van der Waals surface area contributed by atoms with Gasteiger partial charge in [0, 0.05) is 30.1 Å². The molecular formula is C14H10N2O3. The normalized spacial score (nSPS) is 10.5. The molecular weight excluding hydrogens is 244 g/mol. The van der Waals surface area contributed by atoms with Gasteiger partial charge in [-0.2, -0.15) is 0 Å². The van der Waals surface area contributed by atoms with Crippen molar-refractivity contribution < 1.29 is 9.72 Å². The number of carbonyl (C=O) groups excluding carboxylic acids is 1. The Labute approximate surface area is 109 Å². The molecule has 0 unspecified atom stereocenters. The number of nitro groups is 1. The van der Waals surface area contributed by atoms with Gasteiger partial charge in [0.1, 0.15) is 0 Å². The molecule has 0 aliphatic carbocycles. The lowest BCUT2D eigenvalue weighted by Gasteiger charge is -1.96. The van der Waals surface area contributed by atoms with Gasteiger partial charge in [0.2, 0.25) is 0 Å². The number of allylic oxidation sites excluding steroid dienone is 1. The van der Waals surface area contributed by atoms with Gasteiger partial charge in [0.15, 0.2) is 5.78 Å². The summed E-state index contributed by atoms with van der Waals surface area (Å²) < 4.78 is 0. The number of nitro benzene ring substituents is 1. The molecule has 0 bridgehead atoms. The van der Waals surface area contributed by atoms with Gasteiger partial charge in [-0.3, -0.25) is 19.9 Å². The van der Waals surface area contributed by atoms with Crippen LogP contribution >= 0.6 is 0 Å². The van der Waals surface area contributed by atoms with E-state index in [-0.39, 0.29) is 17.0 Å². The Morgan fingerprint density at radius 3 is 2.79 bits per heavy atom. The number of carbonyl (C=O) groups is 1. The van der Waals surface area contributed by atoms with Crippen molar-refractivity contribution in [1.82, 2.24) is 4.98 Å². The predicted octanol–water partition coefficient (Wildman–Crippen LogP) is 2.89. The maximum atomic E-state index is 11.9. The number of nitrogens with zero attached hydrogens (tertiary/aromatic N) is 2. The Morgan fingerprint density at radius 2 is 2.11 bits per heavy atom. The summed E-state index contributed by atoms with van der Waals surface area (Å²) in [5.41, 5.74) is 0.983. The maximum absolute atomic E-state index is 11.9. The van der Waals surface area contributed by atoms with E-state index in [0.717, 1.165) is 5.56 Å². The summed E-state index contributed by atoms with van der Waals surface area (Å²) in [6.45, 7) is 0. The molecule has 1 aromatic heterocycles. The first-order valence-corrected chi connectivity index (χ1v) is 5.54. The van der Waals surface area contributed by atoms with E-state index in [1.165, 1.54) is 24.3 Å². The van der Waals surface area contributed by atoms with Crippen molar-refractivity contribution in [3.8, 4) is 0 Å². The number of ketones is 1. The van der Waals surface area contributed by atoms with Gasteiger partial charge in [0.25, 0.3) is 5.69 Å². The van der Waals surface area contributed by atoms with Crippen molar-refractivity contribution >= 4 is 17.5 Å². The molecule has 0 fully saturated rings. The lowest BCUT2D eigenvalue weighted by Crippen LogP contribution is -1.96. The molecule has 5 nitrogen and oxygen atoms in total. The standard InChI is InChI=1S/C14H10N2O3/c17-14(7-6-11-3-2-8-15-10-11)12-4-1-5-13(9-12)16(18)19/h1-10H/b7-6-. The van der Waals surface area contributed by atoms with Crippen LogP contribution in [0.3, 0.4) is 0 Å². The summed E-state index contributed by atoms with van der Waals surface area (Å²) in [4.78, 5) is 25.9. The largest absolute Gasteiger partial charge is 0.289 e. The Bertz CT molecular complexity index is 636. The van der Waals surface area contributed by atoms with Crippen molar-refractivity contribution in [2.24, 2.45) is 0 Å². The van der Waals surface area contributed by atoms with E-state index in [0.29, 0.717) is 0 Å². The van der Waals surface area contributed by atoms with Crippen LogP contribution in [0.4, 0.5) is 5.69 Å². The fourth-order valence-corrected chi connectivity index (χ4v) is 1.52. The quantitative estimate of drug-likeness (QED) is 0.364. The summed E-state index contributed by atoms with van der Waals surface area (Å²) in [6, 6.07) is 9.21.